The molecule has 0 aliphatic heterocycles. The Kier molecular flexibility index (Phi) is 5.12. The summed E-state index contributed by atoms with van der Waals surface area (Å²) in [5.74, 6) is 0.482. The number of nitrogens with one attached hydrogen (secondary N) is 1. The van der Waals surface area contributed by atoms with Crippen LogP contribution in [0.4, 0.5) is 0 Å². The summed E-state index contributed by atoms with van der Waals surface area (Å²) < 4.78 is 24.2. The van der Waals surface area contributed by atoms with Crippen molar-refractivity contribution in [3.63, 3.8) is 0 Å². The predicted molar refractivity (Wildman–Crippen MR) is 85.0 cm³/mol. The van der Waals surface area contributed by atoms with Crippen LogP contribution < -0.4 is 5.32 Å². The highest BCUT2D eigenvalue weighted by Gasteiger charge is 2.13. The van der Waals surface area contributed by atoms with Crippen LogP contribution in [0.2, 0.25) is 0 Å². The average molecular weight is 312 g/mol. The molecular formula is C14H20N2O2S2. The molecule has 0 fully saturated rings. The van der Waals surface area contributed by atoms with E-state index in [4.69, 9.17) is 0 Å². The van der Waals surface area contributed by atoms with E-state index in [1.54, 1.807) is 18.3 Å². The van der Waals surface area contributed by atoms with Crippen molar-refractivity contribution in [2.45, 2.75) is 25.8 Å². The van der Waals surface area contributed by atoms with Gasteiger partial charge >= 0.3 is 0 Å². The summed E-state index contributed by atoms with van der Waals surface area (Å²) in [6.07, 6.45) is 3.35. The van der Waals surface area contributed by atoms with Gasteiger partial charge in [0.2, 0.25) is 0 Å². The Bertz CT molecular complexity index is 665. The minimum absolute atomic E-state index is 0.154. The second-order valence-electron chi connectivity index (χ2n) is 4.79. The van der Waals surface area contributed by atoms with E-state index in [-0.39, 0.29) is 17.5 Å². The number of hydrogen-bond acceptors (Lipinski definition) is 5. The number of fused-ring (bicyclic) bond motifs is 1. The van der Waals surface area contributed by atoms with Gasteiger partial charge in [-0.3, -0.25) is 4.98 Å². The molecule has 0 aromatic carbocycles. The van der Waals surface area contributed by atoms with Crippen molar-refractivity contribution < 1.29 is 8.42 Å². The van der Waals surface area contributed by atoms with Gasteiger partial charge < -0.3 is 5.32 Å². The van der Waals surface area contributed by atoms with Crippen molar-refractivity contribution in [3.8, 4) is 0 Å². The predicted octanol–water partition coefficient (Wildman–Crippen LogP) is 2.77. The van der Waals surface area contributed by atoms with Gasteiger partial charge in [-0.05, 0) is 43.0 Å². The third-order valence-electron chi connectivity index (χ3n) is 3.46. The van der Waals surface area contributed by atoms with E-state index in [1.807, 2.05) is 24.7 Å². The molecule has 1 unspecified atom stereocenters. The molecule has 4 nitrogen and oxygen atoms in total. The molecule has 0 spiro atoms. The zero-order valence-electron chi connectivity index (χ0n) is 11.8. The lowest BCUT2D eigenvalue weighted by atomic mass is 10.0. The van der Waals surface area contributed by atoms with E-state index < -0.39 is 9.84 Å². The first-order valence-electron chi connectivity index (χ1n) is 6.76. The molecule has 2 heterocycles. The highest BCUT2D eigenvalue weighted by molar-refractivity contribution is 7.91. The third kappa shape index (κ3) is 3.77. The molecule has 2 rings (SSSR count). The van der Waals surface area contributed by atoms with Crippen LogP contribution in [0.25, 0.3) is 10.2 Å². The molecule has 1 N–H and O–H groups in total. The first-order chi connectivity index (χ1) is 9.55. The molecule has 0 radical (unpaired) electrons. The summed E-state index contributed by atoms with van der Waals surface area (Å²) >= 11 is 1.67. The van der Waals surface area contributed by atoms with E-state index in [9.17, 15) is 8.42 Å². The minimum Gasteiger partial charge on any atom is -0.313 e. The topological polar surface area (TPSA) is 59.1 Å². The Morgan fingerprint density at radius 1 is 1.45 bits per heavy atom. The SMILES string of the molecule is CCS(=O)(=O)CCCC(NC)c1cnc2ccsc2c1. The standard InChI is InChI=1S/C14H20N2O2S2/c1-3-20(17,18)8-4-5-12(15-2)11-9-14-13(16-10-11)6-7-19-14/h6-7,9-10,12,15H,3-5,8H2,1-2H3. The number of sulfone groups is 1. The Labute approximate surface area is 124 Å². The van der Waals surface area contributed by atoms with Gasteiger partial charge in [0, 0.05) is 18.0 Å². The van der Waals surface area contributed by atoms with Crippen LogP contribution in [-0.2, 0) is 9.84 Å². The van der Waals surface area contributed by atoms with E-state index in [0.717, 1.165) is 17.5 Å². The monoisotopic (exact) mass is 312 g/mol. The zero-order chi connectivity index (χ0) is 14.6. The molecule has 20 heavy (non-hydrogen) atoms. The van der Waals surface area contributed by atoms with Crippen LogP contribution in [-0.4, -0.2) is 32.0 Å². The number of aromatic nitrogens is 1. The summed E-state index contributed by atoms with van der Waals surface area (Å²) in [6, 6.07) is 4.30. The molecule has 1 atom stereocenters. The van der Waals surface area contributed by atoms with Crippen molar-refractivity contribution >= 4 is 31.4 Å². The van der Waals surface area contributed by atoms with Crippen molar-refractivity contribution in [1.82, 2.24) is 10.3 Å². The summed E-state index contributed by atoms with van der Waals surface area (Å²) in [5, 5.41) is 5.28. The number of thiophene rings is 1. The maximum atomic E-state index is 11.5. The van der Waals surface area contributed by atoms with Gasteiger partial charge in [-0.15, -0.1) is 11.3 Å². The fraction of sp³-hybridized carbons (Fsp3) is 0.500. The van der Waals surface area contributed by atoms with Gasteiger partial charge in [0.1, 0.15) is 9.84 Å². The Morgan fingerprint density at radius 3 is 2.95 bits per heavy atom. The summed E-state index contributed by atoms with van der Waals surface area (Å²) in [5.41, 5.74) is 2.14. The normalized spacial score (nSPS) is 13.7. The second-order valence-corrected chi connectivity index (χ2v) is 8.21. The quantitative estimate of drug-likeness (QED) is 0.854. The van der Waals surface area contributed by atoms with Gasteiger partial charge in [0.15, 0.2) is 0 Å². The highest BCUT2D eigenvalue weighted by atomic mass is 32.2. The molecular weight excluding hydrogens is 292 g/mol. The van der Waals surface area contributed by atoms with Crippen LogP contribution in [0.15, 0.2) is 23.7 Å². The number of pyridine rings is 1. The maximum absolute atomic E-state index is 11.5. The fourth-order valence-corrected chi connectivity index (χ4v) is 3.87. The molecule has 2 aromatic heterocycles. The Hall–Kier alpha value is -0.980. The number of hydrogen-bond donors (Lipinski definition) is 1. The van der Waals surface area contributed by atoms with Crippen molar-refractivity contribution in [2.75, 3.05) is 18.6 Å². The largest absolute Gasteiger partial charge is 0.313 e. The van der Waals surface area contributed by atoms with Crippen LogP contribution in [0, 0.1) is 0 Å². The molecule has 2 aromatic rings. The fourth-order valence-electron chi connectivity index (χ4n) is 2.18. The van der Waals surface area contributed by atoms with E-state index >= 15 is 0 Å². The molecule has 0 aliphatic carbocycles. The summed E-state index contributed by atoms with van der Waals surface area (Å²) in [6.45, 7) is 1.69. The van der Waals surface area contributed by atoms with E-state index in [0.29, 0.717) is 6.42 Å². The van der Waals surface area contributed by atoms with Crippen LogP contribution in [0.1, 0.15) is 31.4 Å². The first kappa shape index (κ1) is 15.4. The molecule has 6 heteroatoms. The van der Waals surface area contributed by atoms with Gasteiger partial charge in [0.05, 0.1) is 16.0 Å². The van der Waals surface area contributed by atoms with Gasteiger partial charge in [-0.1, -0.05) is 6.92 Å². The second kappa shape index (κ2) is 6.65. The van der Waals surface area contributed by atoms with Crippen molar-refractivity contribution in [1.29, 1.82) is 0 Å². The molecule has 0 aliphatic rings. The third-order valence-corrected chi connectivity index (χ3v) is 6.11. The Morgan fingerprint density at radius 2 is 2.25 bits per heavy atom. The van der Waals surface area contributed by atoms with Crippen molar-refractivity contribution in [2.24, 2.45) is 0 Å². The average Bonchev–Trinajstić information content (AvgIpc) is 2.91. The van der Waals surface area contributed by atoms with E-state index in [2.05, 4.69) is 16.4 Å². The van der Waals surface area contributed by atoms with Crippen LogP contribution in [0.5, 0.6) is 0 Å². The van der Waals surface area contributed by atoms with Crippen molar-refractivity contribution in [3.05, 3.63) is 29.3 Å². The maximum Gasteiger partial charge on any atom is 0.150 e. The Balaban J connectivity index is 2.04. The van der Waals surface area contributed by atoms with Crippen LogP contribution >= 0.6 is 11.3 Å². The first-order valence-corrected chi connectivity index (χ1v) is 9.46. The molecule has 0 saturated heterocycles. The lowest BCUT2D eigenvalue weighted by Crippen LogP contribution is -2.18. The summed E-state index contributed by atoms with van der Waals surface area (Å²) in [7, 11) is -0.972. The number of nitrogens with zero attached hydrogens (tertiary/aromatic N) is 1. The molecule has 0 saturated carbocycles. The lowest BCUT2D eigenvalue weighted by Gasteiger charge is -2.16. The number of rotatable bonds is 7. The smallest absolute Gasteiger partial charge is 0.150 e. The van der Waals surface area contributed by atoms with Gasteiger partial charge in [-0.25, -0.2) is 8.42 Å². The van der Waals surface area contributed by atoms with Gasteiger partial charge in [-0.2, -0.15) is 0 Å². The van der Waals surface area contributed by atoms with E-state index in [1.165, 1.54) is 4.70 Å². The minimum atomic E-state index is -2.87. The molecule has 0 bridgehead atoms. The summed E-state index contributed by atoms with van der Waals surface area (Å²) in [4.78, 5) is 4.44. The molecule has 0 amide bonds. The van der Waals surface area contributed by atoms with Crippen LogP contribution in [0.3, 0.4) is 0 Å². The van der Waals surface area contributed by atoms with Gasteiger partial charge in [0.25, 0.3) is 0 Å². The highest BCUT2D eigenvalue weighted by Crippen LogP contribution is 2.24. The molecule has 110 valence electrons. The zero-order valence-corrected chi connectivity index (χ0v) is 13.4. The lowest BCUT2D eigenvalue weighted by molar-refractivity contribution is 0.535.